The SMILES string of the molecule is CC[C@H](C)[C@H](NC(=O)C(=O)C(C)NC(=O)[C@@H](CC(C)=O)Cc1ccccc1)C(=O)CC(C)(C)C(N)=O. The maximum Gasteiger partial charge on any atom is 0.290 e. The molecule has 0 radical (unpaired) electrons. The summed E-state index contributed by atoms with van der Waals surface area (Å²) in [4.78, 5) is 74.6. The van der Waals surface area contributed by atoms with Gasteiger partial charge >= 0.3 is 0 Å². The van der Waals surface area contributed by atoms with Crippen LogP contribution < -0.4 is 16.4 Å². The summed E-state index contributed by atoms with van der Waals surface area (Å²) in [5.74, 6) is -4.66. The molecule has 36 heavy (non-hydrogen) atoms. The van der Waals surface area contributed by atoms with Gasteiger partial charge in [-0.2, -0.15) is 0 Å². The number of nitrogens with two attached hydrogens (primary N) is 1. The fourth-order valence-corrected chi connectivity index (χ4v) is 3.72. The van der Waals surface area contributed by atoms with E-state index in [0.717, 1.165) is 5.56 Å². The lowest BCUT2D eigenvalue weighted by Gasteiger charge is -2.27. The van der Waals surface area contributed by atoms with Crippen molar-refractivity contribution in [3.63, 3.8) is 0 Å². The van der Waals surface area contributed by atoms with E-state index in [4.69, 9.17) is 5.73 Å². The fraction of sp³-hybridized carbons (Fsp3) is 0.556. The average Bonchev–Trinajstić information content (AvgIpc) is 2.80. The lowest BCUT2D eigenvalue weighted by Crippen LogP contribution is -2.53. The lowest BCUT2D eigenvalue weighted by atomic mass is 9.82. The van der Waals surface area contributed by atoms with Crippen LogP contribution in [-0.4, -0.2) is 47.2 Å². The molecule has 1 aromatic carbocycles. The zero-order chi connectivity index (χ0) is 27.6. The lowest BCUT2D eigenvalue weighted by molar-refractivity contribution is -0.142. The van der Waals surface area contributed by atoms with Gasteiger partial charge in [0, 0.05) is 18.8 Å². The Hall–Kier alpha value is -3.36. The van der Waals surface area contributed by atoms with E-state index in [0.29, 0.717) is 12.8 Å². The van der Waals surface area contributed by atoms with Crippen molar-refractivity contribution in [1.29, 1.82) is 0 Å². The van der Waals surface area contributed by atoms with Crippen molar-refractivity contribution in [2.45, 2.75) is 79.3 Å². The Morgan fingerprint density at radius 2 is 1.56 bits per heavy atom. The van der Waals surface area contributed by atoms with E-state index in [2.05, 4.69) is 10.6 Å². The van der Waals surface area contributed by atoms with Crippen LogP contribution in [0.4, 0.5) is 0 Å². The van der Waals surface area contributed by atoms with Crippen LogP contribution in [0.5, 0.6) is 0 Å². The number of carbonyl (C=O) groups excluding carboxylic acids is 6. The van der Waals surface area contributed by atoms with Crippen LogP contribution in [0.15, 0.2) is 30.3 Å². The minimum absolute atomic E-state index is 0.00588. The summed E-state index contributed by atoms with van der Waals surface area (Å²) in [6.07, 6.45) is 0.651. The molecule has 4 N–H and O–H groups in total. The van der Waals surface area contributed by atoms with E-state index < -0.39 is 52.7 Å². The second kappa shape index (κ2) is 13.7. The number of nitrogens with one attached hydrogen (secondary N) is 2. The van der Waals surface area contributed by atoms with Crippen LogP contribution in [0, 0.1) is 17.3 Å². The number of primary amides is 1. The normalized spacial score (nSPS) is 14.6. The average molecular weight is 502 g/mol. The Morgan fingerprint density at radius 1 is 0.972 bits per heavy atom. The van der Waals surface area contributed by atoms with Crippen molar-refractivity contribution < 1.29 is 28.8 Å². The third-order valence-corrected chi connectivity index (χ3v) is 6.34. The molecule has 198 valence electrons. The van der Waals surface area contributed by atoms with Gasteiger partial charge in [-0.3, -0.25) is 24.0 Å². The highest BCUT2D eigenvalue weighted by atomic mass is 16.2. The standard InChI is InChI=1S/C27H39N3O6/c1-7-16(2)22(21(32)15-27(5,6)26(28)36)30-25(35)23(33)18(4)29-24(34)20(13-17(3)31)14-19-11-9-8-10-12-19/h8-12,16,18,20,22H,7,13-15H2,1-6H3,(H2,28,36)(H,29,34)(H,30,35)/t16-,18?,20-,22-/m0/s1. The van der Waals surface area contributed by atoms with Gasteiger partial charge < -0.3 is 21.2 Å². The van der Waals surface area contributed by atoms with Crippen LogP contribution in [0.25, 0.3) is 0 Å². The van der Waals surface area contributed by atoms with Gasteiger partial charge in [-0.1, -0.05) is 64.4 Å². The highest BCUT2D eigenvalue weighted by Crippen LogP contribution is 2.23. The summed E-state index contributed by atoms with van der Waals surface area (Å²) >= 11 is 0. The van der Waals surface area contributed by atoms with Gasteiger partial charge in [-0.25, -0.2) is 0 Å². The maximum atomic E-state index is 12.9. The molecule has 3 amide bonds. The Bertz CT molecular complexity index is 973. The maximum absolute atomic E-state index is 12.9. The van der Waals surface area contributed by atoms with E-state index in [1.807, 2.05) is 37.3 Å². The first-order valence-corrected chi connectivity index (χ1v) is 12.2. The van der Waals surface area contributed by atoms with E-state index in [1.54, 1.807) is 20.8 Å². The number of hydrogen-bond acceptors (Lipinski definition) is 6. The number of hydrogen-bond donors (Lipinski definition) is 3. The van der Waals surface area contributed by atoms with Crippen molar-refractivity contribution >= 4 is 35.1 Å². The predicted octanol–water partition coefficient (Wildman–Crippen LogP) is 1.90. The Morgan fingerprint density at radius 3 is 2.06 bits per heavy atom. The molecular weight excluding hydrogens is 462 g/mol. The molecule has 0 heterocycles. The summed E-state index contributed by atoms with van der Waals surface area (Å²) < 4.78 is 0. The van der Waals surface area contributed by atoms with Crippen LogP contribution in [0.2, 0.25) is 0 Å². The molecule has 0 spiro atoms. The summed E-state index contributed by atoms with van der Waals surface area (Å²) in [6.45, 7) is 9.44. The fourth-order valence-electron chi connectivity index (χ4n) is 3.72. The van der Waals surface area contributed by atoms with Crippen molar-refractivity contribution in [3.8, 4) is 0 Å². The van der Waals surface area contributed by atoms with Gasteiger partial charge in [0.05, 0.1) is 17.5 Å². The van der Waals surface area contributed by atoms with Crippen molar-refractivity contribution in [2.75, 3.05) is 0 Å². The number of amides is 3. The molecule has 9 heteroatoms. The number of carbonyl (C=O) groups is 6. The van der Waals surface area contributed by atoms with Crippen LogP contribution in [-0.2, 0) is 35.2 Å². The third-order valence-electron chi connectivity index (χ3n) is 6.34. The van der Waals surface area contributed by atoms with Crippen molar-refractivity contribution in [3.05, 3.63) is 35.9 Å². The minimum Gasteiger partial charge on any atom is -0.369 e. The molecule has 0 bridgehead atoms. The molecule has 0 aromatic heterocycles. The van der Waals surface area contributed by atoms with Crippen LogP contribution >= 0.6 is 0 Å². The first-order chi connectivity index (χ1) is 16.7. The third kappa shape index (κ3) is 9.36. The van der Waals surface area contributed by atoms with E-state index in [9.17, 15) is 28.8 Å². The molecule has 0 fully saturated rings. The smallest absolute Gasteiger partial charge is 0.290 e. The second-order valence-electron chi connectivity index (χ2n) is 10.1. The molecule has 9 nitrogen and oxygen atoms in total. The van der Waals surface area contributed by atoms with E-state index in [1.165, 1.54) is 13.8 Å². The van der Waals surface area contributed by atoms with Crippen molar-refractivity contribution in [1.82, 2.24) is 10.6 Å². The molecule has 1 unspecified atom stereocenters. The molecule has 1 rings (SSSR count). The minimum atomic E-state index is -1.17. The molecular formula is C27H39N3O6. The summed E-state index contributed by atoms with van der Waals surface area (Å²) in [6, 6.07) is 7.02. The summed E-state index contributed by atoms with van der Waals surface area (Å²) in [5, 5.41) is 5.03. The zero-order valence-electron chi connectivity index (χ0n) is 22.1. The second-order valence-corrected chi connectivity index (χ2v) is 10.1. The molecule has 0 aliphatic carbocycles. The Kier molecular flexibility index (Phi) is 11.6. The van der Waals surface area contributed by atoms with Gasteiger partial charge in [0.1, 0.15) is 5.78 Å². The topological polar surface area (TPSA) is 152 Å². The molecule has 0 aliphatic rings. The predicted molar refractivity (Wildman–Crippen MR) is 136 cm³/mol. The zero-order valence-corrected chi connectivity index (χ0v) is 22.1. The van der Waals surface area contributed by atoms with Gasteiger partial charge in [-0.15, -0.1) is 0 Å². The highest BCUT2D eigenvalue weighted by molar-refractivity contribution is 6.38. The summed E-state index contributed by atoms with van der Waals surface area (Å²) in [5.41, 5.74) is 5.13. The molecule has 0 aliphatic heterocycles. The first kappa shape index (κ1) is 30.7. The van der Waals surface area contributed by atoms with Crippen LogP contribution in [0.3, 0.4) is 0 Å². The van der Waals surface area contributed by atoms with Gasteiger partial charge in [-0.05, 0) is 31.7 Å². The molecule has 1 aromatic rings. The first-order valence-electron chi connectivity index (χ1n) is 12.2. The summed E-state index contributed by atoms with van der Waals surface area (Å²) in [7, 11) is 0. The van der Waals surface area contributed by atoms with Crippen molar-refractivity contribution in [2.24, 2.45) is 23.0 Å². The van der Waals surface area contributed by atoms with Gasteiger partial charge in [0.15, 0.2) is 5.78 Å². The quantitative estimate of drug-likeness (QED) is 0.312. The van der Waals surface area contributed by atoms with Gasteiger partial charge in [0.25, 0.3) is 5.91 Å². The largest absolute Gasteiger partial charge is 0.369 e. The Labute approximate surface area is 213 Å². The number of benzene rings is 1. The van der Waals surface area contributed by atoms with E-state index in [-0.39, 0.29) is 24.5 Å². The Balaban J connectivity index is 2.92. The molecule has 0 saturated carbocycles. The van der Waals surface area contributed by atoms with E-state index >= 15 is 0 Å². The highest BCUT2D eigenvalue weighted by Gasteiger charge is 2.36. The number of ketones is 3. The number of Topliss-reactive ketones (excluding diaryl/α,β-unsaturated/α-hetero) is 3. The van der Waals surface area contributed by atoms with Gasteiger partial charge in [0.2, 0.25) is 17.6 Å². The molecule has 4 atom stereocenters. The monoisotopic (exact) mass is 501 g/mol. The van der Waals surface area contributed by atoms with Crippen LogP contribution in [0.1, 0.15) is 66.4 Å². The number of rotatable bonds is 15. The molecule has 0 saturated heterocycles.